The lowest BCUT2D eigenvalue weighted by molar-refractivity contribution is 0.551. The molecule has 0 aliphatic carbocycles. The highest BCUT2D eigenvalue weighted by Gasteiger charge is 2.05. The summed E-state index contributed by atoms with van der Waals surface area (Å²) in [7, 11) is 0. The Morgan fingerprint density at radius 2 is 2.00 bits per heavy atom. The van der Waals surface area contributed by atoms with Crippen LogP contribution in [0.3, 0.4) is 0 Å². The number of benzene rings is 1. The molecule has 0 radical (unpaired) electrons. The zero-order valence-electron chi connectivity index (χ0n) is 11.9. The normalized spacial score (nSPS) is 11.2. The second-order valence-corrected chi connectivity index (χ2v) is 5.45. The maximum Gasteiger partial charge on any atom is 0.131 e. The predicted octanol–water partition coefficient (Wildman–Crippen LogP) is 3.56. The molecule has 0 atom stereocenters. The molecular formula is C16H20F2N2. The van der Waals surface area contributed by atoms with Crippen LogP contribution in [-0.2, 0) is 13.1 Å². The van der Waals surface area contributed by atoms with Gasteiger partial charge in [-0.2, -0.15) is 0 Å². The molecule has 0 unspecified atom stereocenters. The minimum atomic E-state index is -0.544. The zero-order valence-corrected chi connectivity index (χ0v) is 11.9. The van der Waals surface area contributed by atoms with Crippen LogP contribution in [-0.4, -0.2) is 11.1 Å². The molecule has 1 aromatic heterocycles. The molecule has 0 amide bonds. The van der Waals surface area contributed by atoms with E-state index in [4.69, 9.17) is 0 Å². The Kier molecular flexibility index (Phi) is 4.90. The molecule has 2 nitrogen and oxygen atoms in total. The molecule has 1 N–H and O–H groups in total. The number of hydrogen-bond acceptors (Lipinski definition) is 1. The third-order valence-electron chi connectivity index (χ3n) is 3.06. The van der Waals surface area contributed by atoms with Gasteiger partial charge in [-0.1, -0.05) is 19.9 Å². The fraction of sp³-hybridized carbons (Fsp3) is 0.375. The van der Waals surface area contributed by atoms with E-state index in [1.807, 2.05) is 23.0 Å². The third-order valence-corrected chi connectivity index (χ3v) is 3.06. The van der Waals surface area contributed by atoms with Crippen LogP contribution in [0.4, 0.5) is 8.78 Å². The van der Waals surface area contributed by atoms with Crippen molar-refractivity contribution in [3.63, 3.8) is 0 Å². The average molecular weight is 278 g/mol. The van der Waals surface area contributed by atoms with E-state index >= 15 is 0 Å². The Hall–Kier alpha value is -1.68. The largest absolute Gasteiger partial charge is 0.349 e. The summed E-state index contributed by atoms with van der Waals surface area (Å²) < 4.78 is 28.3. The van der Waals surface area contributed by atoms with Crippen LogP contribution in [0, 0.1) is 17.6 Å². The first kappa shape index (κ1) is 14.7. The molecule has 0 aliphatic heterocycles. The van der Waals surface area contributed by atoms with Gasteiger partial charge in [0.05, 0.1) is 0 Å². The van der Waals surface area contributed by atoms with Gasteiger partial charge in [0.15, 0.2) is 0 Å². The maximum atomic E-state index is 13.6. The maximum absolute atomic E-state index is 13.6. The van der Waals surface area contributed by atoms with Gasteiger partial charge in [0.25, 0.3) is 0 Å². The van der Waals surface area contributed by atoms with E-state index in [2.05, 4.69) is 19.2 Å². The van der Waals surface area contributed by atoms with E-state index in [0.717, 1.165) is 24.7 Å². The average Bonchev–Trinajstić information content (AvgIpc) is 2.80. The van der Waals surface area contributed by atoms with Crippen molar-refractivity contribution in [3.05, 3.63) is 59.4 Å². The van der Waals surface area contributed by atoms with Gasteiger partial charge in [0.1, 0.15) is 11.6 Å². The first-order valence-corrected chi connectivity index (χ1v) is 6.84. The SMILES string of the molecule is CC(C)CNCc1ccn(Cc2ccc(F)cc2F)c1. The number of hydrogen-bond donors (Lipinski definition) is 1. The van der Waals surface area contributed by atoms with Gasteiger partial charge in [0.2, 0.25) is 0 Å². The van der Waals surface area contributed by atoms with Crippen LogP contribution >= 0.6 is 0 Å². The molecule has 108 valence electrons. The second kappa shape index (κ2) is 6.66. The van der Waals surface area contributed by atoms with E-state index in [-0.39, 0.29) is 0 Å². The lowest BCUT2D eigenvalue weighted by Gasteiger charge is -2.06. The minimum Gasteiger partial charge on any atom is -0.349 e. The van der Waals surface area contributed by atoms with Gasteiger partial charge in [0, 0.05) is 37.1 Å². The highest BCUT2D eigenvalue weighted by molar-refractivity contribution is 5.20. The van der Waals surface area contributed by atoms with E-state index in [0.29, 0.717) is 18.0 Å². The van der Waals surface area contributed by atoms with Crippen molar-refractivity contribution in [2.45, 2.75) is 26.9 Å². The van der Waals surface area contributed by atoms with Crippen LogP contribution in [0.5, 0.6) is 0 Å². The summed E-state index contributed by atoms with van der Waals surface area (Å²) in [5, 5.41) is 3.36. The second-order valence-electron chi connectivity index (χ2n) is 5.45. The van der Waals surface area contributed by atoms with Crippen molar-refractivity contribution in [1.29, 1.82) is 0 Å². The fourth-order valence-electron chi connectivity index (χ4n) is 2.05. The minimum absolute atomic E-state index is 0.413. The highest BCUT2D eigenvalue weighted by atomic mass is 19.1. The number of nitrogens with one attached hydrogen (secondary N) is 1. The fourth-order valence-corrected chi connectivity index (χ4v) is 2.05. The van der Waals surface area contributed by atoms with Gasteiger partial charge < -0.3 is 9.88 Å². The molecule has 0 bridgehead atoms. The molecular weight excluding hydrogens is 258 g/mol. The van der Waals surface area contributed by atoms with Crippen LogP contribution in [0.2, 0.25) is 0 Å². The van der Waals surface area contributed by atoms with Crippen LogP contribution in [0.15, 0.2) is 36.7 Å². The predicted molar refractivity (Wildman–Crippen MR) is 76.4 cm³/mol. The van der Waals surface area contributed by atoms with Crippen molar-refractivity contribution in [2.75, 3.05) is 6.54 Å². The summed E-state index contributed by atoms with van der Waals surface area (Å²) in [6.45, 7) is 6.51. The van der Waals surface area contributed by atoms with Crippen molar-refractivity contribution < 1.29 is 8.78 Å². The van der Waals surface area contributed by atoms with Crippen LogP contribution in [0.25, 0.3) is 0 Å². The standard InChI is InChI=1S/C16H20F2N2/c1-12(2)8-19-9-13-5-6-20(10-13)11-14-3-4-15(17)7-16(14)18/h3-7,10,12,19H,8-9,11H2,1-2H3. The summed E-state index contributed by atoms with van der Waals surface area (Å²) in [6.07, 6.45) is 3.89. The summed E-state index contributed by atoms with van der Waals surface area (Å²) in [4.78, 5) is 0. The number of halogens is 2. The molecule has 2 rings (SSSR count). The van der Waals surface area contributed by atoms with Gasteiger partial charge in [-0.15, -0.1) is 0 Å². The summed E-state index contributed by atoms with van der Waals surface area (Å²) in [5.74, 6) is -0.430. The Morgan fingerprint density at radius 1 is 1.20 bits per heavy atom. The van der Waals surface area contributed by atoms with E-state index in [1.54, 1.807) is 0 Å². The topological polar surface area (TPSA) is 17.0 Å². The first-order valence-electron chi connectivity index (χ1n) is 6.84. The first-order chi connectivity index (χ1) is 9.54. The molecule has 2 aromatic rings. The molecule has 1 aromatic carbocycles. The van der Waals surface area contributed by atoms with Gasteiger partial charge in [-0.25, -0.2) is 8.78 Å². The molecule has 0 aliphatic rings. The van der Waals surface area contributed by atoms with E-state index in [9.17, 15) is 8.78 Å². The van der Waals surface area contributed by atoms with Gasteiger partial charge in [-0.05, 0) is 30.2 Å². The lowest BCUT2D eigenvalue weighted by atomic mass is 10.2. The summed E-state index contributed by atoms with van der Waals surface area (Å²) in [5.41, 5.74) is 1.65. The summed E-state index contributed by atoms with van der Waals surface area (Å²) >= 11 is 0. The Bertz CT molecular complexity index is 561. The molecule has 0 fully saturated rings. The van der Waals surface area contributed by atoms with Crippen LogP contribution < -0.4 is 5.32 Å². The Balaban J connectivity index is 1.95. The lowest BCUT2D eigenvalue weighted by Crippen LogP contribution is -2.18. The van der Waals surface area contributed by atoms with Gasteiger partial charge in [-0.3, -0.25) is 0 Å². The highest BCUT2D eigenvalue weighted by Crippen LogP contribution is 2.12. The third kappa shape index (κ3) is 4.17. The number of rotatable bonds is 6. The van der Waals surface area contributed by atoms with E-state index in [1.165, 1.54) is 12.1 Å². The number of aromatic nitrogens is 1. The Morgan fingerprint density at radius 3 is 2.70 bits per heavy atom. The van der Waals surface area contributed by atoms with E-state index < -0.39 is 11.6 Å². The quantitative estimate of drug-likeness (QED) is 0.855. The molecule has 20 heavy (non-hydrogen) atoms. The zero-order chi connectivity index (χ0) is 14.5. The van der Waals surface area contributed by atoms with Crippen molar-refractivity contribution in [3.8, 4) is 0 Å². The molecule has 1 heterocycles. The van der Waals surface area contributed by atoms with Crippen molar-refractivity contribution in [1.82, 2.24) is 9.88 Å². The molecule has 0 saturated heterocycles. The van der Waals surface area contributed by atoms with Crippen LogP contribution in [0.1, 0.15) is 25.0 Å². The number of nitrogens with zero attached hydrogens (tertiary/aromatic N) is 1. The Labute approximate surface area is 118 Å². The smallest absolute Gasteiger partial charge is 0.131 e. The van der Waals surface area contributed by atoms with Gasteiger partial charge >= 0.3 is 0 Å². The monoisotopic (exact) mass is 278 g/mol. The molecule has 4 heteroatoms. The molecule has 0 saturated carbocycles. The van der Waals surface area contributed by atoms with Crippen molar-refractivity contribution in [2.24, 2.45) is 5.92 Å². The summed E-state index contributed by atoms with van der Waals surface area (Å²) in [6, 6.07) is 5.70. The van der Waals surface area contributed by atoms with Crippen molar-refractivity contribution >= 4 is 0 Å². The molecule has 0 spiro atoms.